The van der Waals surface area contributed by atoms with Gasteiger partial charge in [0.25, 0.3) is 5.91 Å². The number of carbonyl (C=O) groups excluding carboxylic acids is 2. The highest BCUT2D eigenvalue weighted by Gasteiger charge is 2.50. The van der Waals surface area contributed by atoms with E-state index < -0.39 is 23.9 Å². The van der Waals surface area contributed by atoms with Crippen LogP contribution < -0.4 is 10.1 Å². The Kier molecular flexibility index (Phi) is 8.81. The van der Waals surface area contributed by atoms with Gasteiger partial charge < -0.3 is 39.0 Å². The lowest BCUT2D eigenvalue weighted by atomic mass is 9.93. The minimum atomic E-state index is -1.13. The number of likely N-dealkylation sites (tertiary alicyclic amines) is 1. The molecule has 56 heavy (non-hydrogen) atoms. The molecule has 6 heterocycles. The average molecular weight is 756 g/mol. The molecule has 0 spiro atoms. The van der Waals surface area contributed by atoms with Crippen LogP contribution in [0.4, 0.5) is 4.79 Å². The van der Waals surface area contributed by atoms with E-state index in [2.05, 4.69) is 14.9 Å². The molecule has 5 atom stereocenters. The fraction of sp³-hybridized carbons (Fsp3) is 0.372. The van der Waals surface area contributed by atoms with Crippen LogP contribution in [0.15, 0.2) is 79.3 Å². The van der Waals surface area contributed by atoms with Crippen LogP contribution in [0, 0.1) is 5.92 Å². The summed E-state index contributed by atoms with van der Waals surface area (Å²) >= 11 is 0. The largest absolute Gasteiger partial charge is 0.494 e. The van der Waals surface area contributed by atoms with Crippen LogP contribution in [0.5, 0.6) is 5.75 Å². The highest BCUT2D eigenvalue weighted by atomic mass is 16.6. The first-order valence-corrected chi connectivity index (χ1v) is 19.2. The lowest BCUT2D eigenvalue weighted by Gasteiger charge is -2.28. The van der Waals surface area contributed by atoms with Crippen LogP contribution >= 0.6 is 0 Å². The number of rotatable bonds is 3. The normalized spacial score (nSPS) is 22.0. The Morgan fingerprint density at radius 2 is 1.80 bits per heavy atom. The lowest BCUT2D eigenvalue weighted by Crippen LogP contribution is -2.46. The second-order valence-electron chi connectivity index (χ2n) is 16.2. The number of nitrogens with one attached hydrogen (secondary N) is 1. The summed E-state index contributed by atoms with van der Waals surface area (Å²) in [5.41, 5.74) is 5.70. The van der Waals surface area contributed by atoms with Gasteiger partial charge >= 0.3 is 6.09 Å². The van der Waals surface area contributed by atoms with Crippen molar-refractivity contribution in [2.24, 2.45) is 5.92 Å². The van der Waals surface area contributed by atoms with Crippen molar-refractivity contribution in [1.82, 2.24) is 34.3 Å². The molecule has 9 rings (SSSR count). The highest BCUT2D eigenvalue weighted by Crippen LogP contribution is 2.41. The second-order valence-corrected chi connectivity index (χ2v) is 16.2. The average Bonchev–Trinajstić information content (AvgIpc) is 3.95. The van der Waals surface area contributed by atoms with Gasteiger partial charge in [-0.25, -0.2) is 14.8 Å². The molecule has 13 nitrogen and oxygen atoms in total. The van der Waals surface area contributed by atoms with Crippen molar-refractivity contribution in [2.75, 3.05) is 13.7 Å². The van der Waals surface area contributed by atoms with Crippen molar-refractivity contribution >= 4 is 34.1 Å². The molecule has 2 aromatic carbocycles. The first-order chi connectivity index (χ1) is 27.0. The summed E-state index contributed by atoms with van der Waals surface area (Å²) in [7, 11) is 1.59. The SMILES string of the molecule is COc1cc(C(=O)N2C[C@H]3CC[C@@H]2[C@@H]3NC(=O)OC(C)(C)C)cc2nc3n(c12)Cc1cncc(c1)-c1ccccc1[C@H](O)[C@H](O)CCn1c-3cc2cccnc21. The van der Waals surface area contributed by atoms with E-state index in [1.54, 1.807) is 25.6 Å². The van der Waals surface area contributed by atoms with Gasteiger partial charge in [-0.15, -0.1) is 0 Å². The molecule has 1 aliphatic carbocycles. The minimum absolute atomic E-state index is 0.135. The number of aryl methyl sites for hydroxylation is 1. The molecule has 0 unspecified atom stereocenters. The van der Waals surface area contributed by atoms with E-state index in [-0.39, 0.29) is 30.3 Å². The molecule has 288 valence electrons. The zero-order valence-electron chi connectivity index (χ0n) is 31.8. The van der Waals surface area contributed by atoms with Gasteiger partial charge in [0.1, 0.15) is 28.6 Å². The number of alkyl carbamates (subject to hydrolysis) is 1. The fourth-order valence-electron chi connectivity index (χ4n) is 8.96. The number of fused-ring (bicyclic) bond motifs is 13. The van der Waals surface area contributed by atoms with Crippen LogP contribution in [-0.4, -0.2) is 88.6 Å². The number of methoxy groups -OCH3 is 1. The number of aliphatic hydroxyl groups is 2. The Hall–Kier alpha value is -5.79. The summed E-state index contributed by atoms with van der Waals surface area (Å²) in [4.78, 5) is 43.6. The topological polar surface area (TPSA) is 157 Å². The van der Waals surface area contributed by atoms with Crippen molar-refractivity contribution in [2.45, 2.75) is 83.0 Å². The zero-order chi connectivity index (χ0) is 38.9. The van der Waals surface area contributed by atoms with Crippen LogP contribution in [0.1, 0.15) is 67.6 Å². The summed E-state index contributed by atoms with van der Waals surface area (Å²) in [6.07, 6.45) is 4.59. The standard InChI is InChI=1S/C43H45N7O6/c1-43(2,3)56-42(54)47-36-26-11-12-32(36)49(23-26)41(53)27-17-31-37(35(19-27)55-4)50-22-24-16-28(21-44-20-24)29-9-5-6-10-30(29)38(52)34(51)13-15-48-33(40(50)46-31)18-25-8-7-14-45-39(25)48/h5-10,14,16-21,26,32,34,36,38,51-52H,11-13,15,22-23H2,1-4H3,(H,47,54)/t26-,32-,34-,36-,38+/m1/s1. The zero-order valence-corrected chi connectivity index (χ0v) is 31.8. The number of aromatic nitrogens is 5. The van der Waals surface area contributed by atoms with Crippen molar-refractivity contribution in [3.05, 3.63) is 95.9 Å². The van der Waals surface area contributed by atoms with Crippen molar-refractivity contribution in [3.63, 3.8) is 0 Å². The number of carbonyl (C=O) groups is 2. The number of nitrogens with zero attached hydrogens (tertiary/aromatic N) is 6. The third-order valence-electron chi connectivity index (χ3n) is 11.4. The van der Waals surface area contributed by atoms with Crippen LogP contribution in [0.2, 0.25) is 0 Å². The predicted molar refractivity (Wildman–Crippen MR) is 210 cm³/mol. The van der Waals surface area contributed by atoms with E-state index in [1.807, 2.05) is 91.0 Å². The van der Waals surface area contributed by atoms with Gasteiger partial charge in [-0.05, 0) is 99.0 Å². The summed E-state index contributed by atoms with van der Waals surface area (Å²) in [5, 5.41) is 26.9. The van der Waals surface area contributed by atoms with Crippen LogP contribution in [0.3, 0.4) is 0 Å². The van der Waals surface area contributed by atoms with Gasteiger partial charge in [0.05, 0.1) is 43.1 Å². The number of ether oxygens (including phenoxy) is 2. The van der Waals surface area contributed by atoms with Gasteiger partial charge in [0.2, 0.25) is 0 Å². The van der Waals surface area contributed by atoms with E-state index in [9.17, 15) is 19.8 Å². The maximum atomic E-state index is 14.4. The van der Waals surface area contributed by atoms with Gasteiger partial charge in [-0.2, -0.15) is 0 Å². The van der Waals surface area contributed by atoms with E-state index in [4.69, 9.17) is 19.4 Å². The molecular weight excluding hydrogens is 711 g/mol. The molecule has 2 aliphatic heterocycles. The van der Waals surface area contributed by atoms with Gasteiger partial charge in [0, 0.05) is 48.2 Å². The Bertz CT molecular complexity index is 2500. The number of pyridine rings is 2. The molecule has 4 aromatic heterocycles. The number of amides is 2. The molecule has 1 saturated carbocycles. The molecule has 2 fully saturated rings. The van der Waals surface area contributed by atoms with Crippen molar-refractivity contribution in [3.8, 4) is 28.4 Å². The summed E-state index contributed by atoms with van der Waals surface area (Å²) < 4.78 is 15.7. The number of benzene rings is 2. The lowest BCUT2D eigenvalue weighted by molar-refractivity contribution is 0.0115. The summed E-state index contributed by atoms with van der Waals surface area (Å²) in [6, 6.07) is 18.8. The number of aliphatic hydroxyl groups excluding tert-OH is 2. The Morgan fingerprint density at radius 1 is 0.964 bits per heavy atom. The van der Waals surface area contributed by atoms with E-state index in [0.717, 1.165) is 46.3 Å². The fourth-order valence-corrected chi connectivity index (χ4v) is 8.96. The number of hydrogen-bond acceptors (Lipinski definition) is 9. The molecule has 6 aromatic rings. The van der Waals surface area contributed by atoms with E-state index in [0.29, 0.717) is 53.4 Å². The van der Waals surface area contributed by atoms with Gasteiger partial charge in [-0.3, -0.25) is 9.78 Å². The Labute approximate surface area is 323 Å². The van der Waals surface area contributed by atoms with Gasteiger partial charge in [0.15, 0.2) is 5.82 Å². The molecule has 3 N–H and O–H groups in total. The molecule has 0 radical (unpaired) electrons. The molecule has 3 aliphatic rings. The maximum Gasteiger partial charge on any atom is 0.407 e. The molecule has 2 amide bonds. The molecule has 13 heteroatoms. The van der Waals surface area contributed by atoms with Crippen LogP contribution in [0.25, 0.3) is 44.7 Å². The predicted octanol–water partition coefficient (Wildman–Crippen LogP) is 6.10. The first-order valence-electron chi connectivity index (χ1n) is 19.2. The van der Waals surface area contributed by atoms with Crippen molar-refractivity contribution < 1.29 is 29.3 Å². The second kappa shape index (κ2) is 13.7. The molecule has 1 saturated heterocycles. The van der Waals surface area contributed by atoms with Gasteiger partial charge in [-0.1, -0.05) is 24.3 Å². The summed E-state index contributed by atoms with van der Waals surface area (Å²) in [6.45, 7) is 6.75. The minimum Gasteiger partial charge on any atom is -0.494 e. The third kappa shape index (κ3) is 6.24. The number of piperidine rings is 1. The quantitative estimate of drug-likeness (QED) is 0.194. The van der Waals surface area contributed by atoms with Crippen molar-refractivity contribution in [1.29, 1.82) is 0 Å². The first kappa shape index (κ1) is 35.9. The van der Waals surface area contributed by atoms with Crippen LogP contribution in [-0.2, 0) is 17.8 Å². The monoisotopic (exact) mass is 755 g/mol. The smallest absolute Gasteiger partial charge is 0.407 e. The highest BCUT2D eigenvalue weighted by molar-refractivity contribution is 6.00. The molecule has 4 bridgehead atoms. The Morgan fingerprint density at radius 3 is 2.62 bits per heavy atom. The maximum absolute atomic E-state index is 14.4. The molecular formula is C43H45N7O6. The third-order valence-corrected chi connectivity index (χ3v) is 11.4. The number of imidazole rings is 1. The van der Waals surface area contributed by atoms with E-state index >= 15 is 0 Å². The Balaban J connectivity index is 1.17. The number of hydrogen-bond donors (Lipinski definition) is 3. The summed E-state index contributed by atoms with van der Waals surface area (Å²) in [5.74, 6) is 1.10. The van der Waals surface area contributed by atoms with E-state index in [1.165, 1.54) is 0 Å².